The highest BCUT2D eigenvalue weighted by molar-refractivity contribution is 5.95. The van der Waals surface area contributed by atoms with Crippen LogP contribution in [-0.2, 0) is 0 Å². The molecule has 1 aromatic rings. The second-order valence-electron chi connectivity index (χ2n) is 4.61. The molecule has 0 unspecified atom stereocenters. The van der Waals surface area contributed by atoms with E-state index in [1.807, 2.05) is 6.92 Å². The zero-order valence-electron chi connectivity index (χ0n) is 12.9. The van der Waals surface area contributed by atoms with Crippen molar-refractivity contribution in [2.45, 2.75) is 13.3 Å². The molecule has 0 aliphatic carbocycles. The summed E-state index contributed by atoms with van der Waals surface area (Å²) in [4.78, 5) is 23.5. The summed E-state index contributed by atoms with van der Waals surface area (Å²) in [5.41, 5.74) is 1.87. The molecule has 0 N–H and O–H groups in total. The Labute approximate surface area is 133 Å². The highest BCUT2D eigenvalue weighted by atomic mass is 16.5. The average Bonchev–Trinajstić information content (AvgIpc) is 2.58. The number of nitriles is 1. The number of rotatable bonds is 5. The number of nitrogens with zero attached hydrogens (tertiary/aromatic N) is 5. The zero-order chi connectivity index (χ0) is 16.7. The van der Waals surface area contributed by atoms with Crippen LogP contribution < -0.4 is 15.3 Å². The van der Waals surface area contributed by atoms with Gasteiger partial charge in [-0.2, -0.15) is 0 Å². The van der Waals surface area contributed by atoms with Gasteiger partial charge in [-0.1, -0.05) is 0 Å². The smallest absolute Gasteiger partial charge is 0.292 e. The summed E-state index contributed by atoms with van der Waals surface area (Å²) in [6.45, 7) is 2.41. The lowest BCUT2D eigenvalue weighted by Crippen LogP contribution is -2.32. The summed E-state index contributed by atoms with van der Waals surface area (Å²) in [6.07, 6.45) is 7.38. The number of hydrogen-bond donors (Lipinski definition) is 0. The van der Waals surface area contributed by atoms with Crippen molar-refractivity contribution >= 4 is 23.7 Å². The van der Waals surface area contributed by atoms with Gasteiger partial charge in [0, 0.05) is 43.0 Å². The van der Waals surface area contributed by atoms with Gasteiger partial charge in [-0.05, 0) is 36.2 Å². The number of ether oxygens (including phenoxy) is 1. The number of fused-ring (bicyclic) bond motifs is 1. The Balaban J connectivity index is 2.79. The van der Waals surface area contributed by atoms with Gasteiger partial charge in [0.1, 0.15) is 0 Å². The van der Waals surface area contributed by atoms with Gasteiger partial charge in [0.05, 0.1) is 5.36 Å². The predicted octanol–water partition coefficient (Wildman–Crippen LogP) is 1.79. The molecule has 0 fully saturated rings. The molecule has 116 valence electrons. The molecule has 1 aliphatic rings. The van der Waals surface area contributed by atoms with Crippen LogP contribution in [0.3, 0.4) is 0 Å². The van der Waals surface area contributed by atoms with Crippen molar-refractivity contribution < 1.29 is 4.74 Å². The lowest BCUT2D eigenvalue weighted by atomic mass is 9.98. The molecular weight excluding hydrogens is 294 g/mol. The van der Waals surface area contributed by atoms with E-state index in [0.717, 1.165) is 16.4 Å². The molecule has 1 heterocycles. The van der Waals surface area contributed by atoms with Crippen LogP contribution in [0.1, 0.15) is 13.3 Å². The number of allylic oxidation sites excluding steroid dienone is 1. The Morgan fingerprint density at radius 2 is 2.30 bits per heavy atom. The summed E-state index contributed by atoms with van der Waals surface area (Å²) < 4.78 is 4.84. The first kappa shape index (κ1) is 16.2. The topological polar surface area (TPSA) is 99.5 Å². The summed E-state index contributed by atoms with van der Waals surface area (Å²) in [5.74, 6) is 0.114. The number of hydrogen-bond acceptors (Lipinski definition) is 7. The number of benzene rings is 1. The maximum atomic E-state index is 10.9. The third-order valence-electron chi connectivity index (χ3n) is 3.28. The highest BCUT2D eigenvalue weighted by Crippen LogP contribution is 2.24. The summed E-state index contributed by atoms with van der Waals surface area (Å²) in [5, 5.41) is 13.0. The normalized spacial score (nSPS) is 14.5. The van der Waals surface area contributed by atoms with Crippen LogP contribution in [-0.4, -0.2) is 26.0 Å². The second-order valence-corrected chi connectivity index (χ2v) is 4.61. The molecule has 7 nitrogen and oxygen atoms in total. The van der Waals surface area contributed by atoms with Crippen molar-refractivity contribution in [1.29, 1.82) is 5.26 Å². The summed E-state index contributed by atoms with van der Waals surface area (Å²) in [6, 6.07) is 3.14. The summed E-state index contributed by atoms with van der Waals surface area (Å²) >= 11 is 0. The fraction of sp³-hybridized carbons (Fsp3) is 0.250. The minimum absolute atomic E-state index is 0.0524. The van der Waals surface area contributed by atoms with E-state index >= 15 is 0 Å². The molecule has 0 saturated heterocycles. The van der Waals surface area contributed by atoms with Crippen LogP contribution >= 0.6 is 0 Å². The molecule has 0 bridgehead atoms. The molecule has 7 heteroatoms. The van der Waals surface area contributed by atoms with Gasteiger partial charge in [-0.15, -0.1) is 10.2 Å². The first-order valence-corrected chi connectivity index (χ1v) is 6.96. The van der Waals surface area contributed by atoms with Gasteiger partial charge in [-0.3, -0.25) is 15.0 Å². The van der Waals surface area contributed by atoms with E-state index in [0.29, 0.717) is 18.3 Å². The quantitative estimate of drug-likeness (QED) is 0.471. The second kappa shape index (κ2) is 7.75. The van der Waals surface area contributed by atoms with Crippen LogP contribution in [0.2, 0.25) is 0 Å². The molecule has 0 saturated carbocycles. The molecular formula is C16H15N5O2. The monoisotopic (exact) mass is 309 g/mol. The Kier molecular flexibility index (Phi) is 5.47. The Morgan fingerprint density at radius 3 is 2.96 bits per heavy atom. The minimum atomic E-state index is 0.0524. The van der Waals surface area contributed by atoms with E-state index in [2.05, 4.69) is 20.2 Å². The van der Waals surface area contributed by atoms with E-state index in [-0.39, 0.29) is 11.4 Å². The molecule has 0 aromatic heterocycles. The standard InChI is InChI=1S/C16H15N5O2/c1-3-19-9-11(8-18-2)12-4-5-20-14-7-15(21-22)16(23-10-17)6-13(12)14/h3,6-9H,4-5H2,1-2H3/b11-9-,18-8?,19-3?. The van der Waals surface area contributed by atoms with Crippen LogP contribution in [0.5, 0.6) is 5.75 Å². The van der Waals surface area contributed by atoms with Crippen LogP contribution in [0, 0.1) is 16.4 Å². The fourth-order valence-corrected chi connectivity index (χ4v) is 2.34. The van der Waals surface area contributed by atoms with E-state index in [1.165, 1.54) is 6.07 Å². The van der Waals surface area contributed by atoms with Gasteiger partial charge in [-0.25, -0.2) is 0 Å². The molecule has 0 amide bonds. The van der Waals surface area contributed by atoms with Crippen molar-refractivity contribution in [2.75, 3.05) is 13.6 Å². The third-order valence-corrected chi connectivity index (χ3v) is 3.28. The van der Waals surface area contributed by atoms with Crippen LogP contribution in [0.25, 0.3) is 5.57 Å². The Hall–Kier alpha value is -3.14. The maximum absolute atomic E-state index is 10.9. The molecule has 0 spiro atoms. The van der Waals surface area contributed by atoms with Gasteiger partial charge in [0.2, 0.25) is 0 Å². The Morgan fingerprint density at radius 1 is 1.48 bits per heavy atom. The summed E-state index contributed by atoms with van der Waals surface area (Å²) in [7, 11) is 1.68. The molecule has 1 aliphatic heterocycles. The van der Waals surface area contributed by atoms with Gasteiger partial charge in [0.15, 0.2) is 11.4 Å². The SMILES string of the molecule is CC=N/C=C(/C=NC)C1=c2cc(OC#N)c(N=O)cc2=NCC1. The highest BCUT2D eigenvalue weighted by Gasteiger charge is 2.14. The third kappa shape index (κ3) is 3.55. The van der Waals surface area contributed by atoms with E-state index in [4.69, 9.17) is 10.00 Å². The van der Waals surface area contributed by atoms with Crippen molar-refractivity contribution in [3.05, 3.63) is 39.4 Å². The van der Waals surface area contributed by atoms with Gasteiger partial charge >= 0.3 is 0 Å². The van der Waals surface area contributed by atoms with Crippen LogP contribution in [0.4, 0.5) is 5.69 Å². The number of aliphatic imine (C=N–C) groups is 2. The lowest BCUT2D eigenvalue weighted by Gasteiger charge is -2.12. The Bertz CT molecular complexity index is 860. The number of nitroso groups, excluding NO2 is 1. The van der Waals surface area contributed by atoms with Gasteiger partial charge < -0.3 is 4.74 Å². The molecule has 2 rings (SSSR count). The van der Waals surface area contributed by atoms with E-state index < -0.39 is 0 Å². The van der Waals surface area contributed by atoms with Crippen molar-refractivity contribution in [2.24, 2.45) is 20.2 Å². The first-order valence-electron chi connectivity index (χ1n) is 6.96. The minimum Gasteiger partial charge on any atom is -0.386 e. The molecule has 23 heavy (non-hydrogen) atoms. The molecule has 0 radical (unpaired) electrons. The first-order chi connectivity index (χ1) is 11.2. The fourth-order valence-electron chi connectivity index (χ4n) is 2.34. The molecule has 0 atom stereocenters. The maximum Gasteiger partial charge on any atom is 0.292 e. The molecule has 1 aromatic carbocycles. The van der Waals surface area contributed by atoms with Crippen molar-refractivity contribution in [1.82, 2.24) is 0 Å². The van der Waals surface area contributed by atoms with E-state index in [9.17, 15) is 4.91 Å². The van der Waals surface area contributed by atoms with Crippen molar-refractivity contribution in [3.8, 4) is 12.0 Å². The lowest BCUT2D eigenvalue weighted by molar-refractivity contribution is 0.507. The largest absolute Gasteiger partial charge is 0.386 e. The average molecular weight is 309 g/mol. The van der Waals surface area contributed by atoms with Crippen LogP contribution in [0.15, 0.2) is 44.1 Å². The van der Waals surface area contributed by atoms with E-state index in [1.54, 1.807) is 38.0 Å². The predicted molar refractivity (Wildman–Crippen MR) is 88.5 cm³/mol. The zero-order valence-corrected chi connectivity index (χ0v) is 12.9. The van der Waals surface area contributed by atoms with Crippen molar-refractivity contribution in [3.63, 3.8) is 0 Å². The van der Waals surface area contributed by atoms with Gasteiger partial charge in [0.25, 0.3) is 6.26 Å².